The number of thiazole rings is 1. The summed E-state index contributed by atoms with van der Waals surface area (Å²) in [6.45, 7) is 2.56. The quantitative estimate of drug-likeness (QED) is 0.802. The van der Waals surface area contributed by atoms with Gasteiger partial charge < -0.3 is 5.32 Å². The van der Waals surface area contributed by atoms with Crippen LogP contribution in [0, 0.1) is 6.92 Å². The van der Waals surface area contributed by atoms with Crippen LogP contribution in [0.15, 0.2) is 30.5 Å². The molecule has 8 heteroatoms. The number of aromatic nitrogens is 5. The van der Waals surface area contributed by atoms with Gasteiger partial charge in [-0.2, -0.15) is 4.68 Å². The van der Waals surface area contributed by atoms with Gasteiger partial charge in [0, 0.05) is 16.8 Å². The average Bonchev–Trinajstić information content (AvgIpc) is 3.06. The van der Waals surface area contributed by atoms with E-state index in [2.05, 4.69) is 25.8 Å². The van der Waals surface area contributed by atoms with Gasteiger partial charge in [-0.3, -0.25) is 0 Å². The van der Waals surface area contributed by atoms with Crippen LogP contribution in [0.5, 0.6) is 0 Å². The molecule has 0 bridgehead atoms. The molecule has 0 fully saturated rings. The number of hydrogen-bond donors (Lipinski definition) is 1. The number of benzene rings is 1. The summed E-state index contributed by atoms with van der Waals surface area (Å²) in [7, 11) is 0. The monoisotopic (exact) mass is 306 g/mol. The topological polar surface area (TPSA) is 68.5 Å². The van der Waals surface area contributed by atoms with E-state index in [-0.39, 0.29) is 0 Å². The van der Waals surface area contributed by atoms with E-state index in [0.29, 0.717) is 11.0 Å². The van der Waals surface area contributed by atoms with Gasteiger partial charge in [0.05, 0.1) is 12.2 Å². The van der Waals surface area contributed by atoms with Crippen LogP contribution in [-0.4, -0.2) is 25.2 Å². The Kier molecular flexibility index (Phi) is 3.62. The zero-order chi connectivity index (χ0) is 13.9. The second kappa shape index (κ2) is 5.56. The first-order valence-electron chi connectivity index (χ1n) is 5.92. The van der Waals surface area contributed by atoms with Gasteiger partial charge in [0.25, 0.3) is 0 Å². The number of nitrogens with one attached hydrogen (secondary N) is 1. The highest BCUT2D eigenvalue weighted by Crippen LogP contribution is 2.19. The molecule has 1 aromatic carbocycles. The van der Waals surface area contributed by atoms with Crippen molar-refractivity contribution >= 4 is 28.6 Å². The van der Waals surface area contributed by atoms with Gasteiger partial charge in [0.15, 0.2) is 10.3 Å². The fraction of sp³-hybridized carbons (Fsp3) is 0.167. The summed E-state index contributed by atoms with van der Waals surface area (Å²) in [5.41, 5.74) is 1.95. The molecule has 0 amide bonds. The summed E-state index contributed by atoms with van der Waals surface area (Å²) >= 11 is 7.26. The summed E-state index contributed by atoms with van der Waals surface area (Å²) < 4.78 is 2.25. The Bertz CT molecular complexity index is 705. The number of tetrazole rings is 1. The van der Waals surface area contributed by atoms with Crippen molar-refractivity contribution in [2.24, 2.45) is 0 Å². The fourth-order valence-electron chi connectivity index (χ4n) is 1.75. The molecule has 102 valence electrons. The molecule has 0 atom stereocenters. The lowest BCUT2D eigenvalue weighted by molar-refractivity contribution is 0.779. The van der Waals surface area contributed by atoms with Crippen molar-refractivity contribution in [3.8, 4) is 5.69 Å². The van der Waals surface area contributed by atoms with Crippen molar-refractivity contribution in [3.63, 3.8) is 0 Å². The van der Waals surface area contributed by atoms with E-state index in [1.165, 1.54) is 11.3 Å². The van der Waals surface area contributed by atoms with E-state index >= 15 is 0 Å². The second-order valence-electron chi connectivity index (χ2n) is 4.12. The number of hydrogen-bond acceptors (Lipinski definition) is 6. The summed E-state index contributed by atoms with van der Waals surface area (Å²) in [6, 6.07) is 7.90. The maximum atomic E-state index is 5.79. The maximum Gasteiger partial charge on any atom is 0.183 e. The largest absolute Gasteiger partial charge is 0.380 e. The molecule has 0 aliphatic carbocycles. The van der Waals surface area contributed by atoms with E-state index in [4.69, 9.17) is 11.6 Å². The maximum absolute atomic E-state index is 5.79. The number of halogens is 1. The van der Waals surface area contributed by atoms with Crippen LogP contribution in [0.4, 0.5) is 5.69 Å². The van der Waals surface area contributed by atoms with Crippen molar-refractivity contribution in [1.29, 1.82) is 0 Å². The minimum absolute atomic E-state index is 0.561. The van der Waals surface area contributed by atoms with Crippen LogP contribution in [0.2, 0.25) is 4.47 Å². The molecule has 0 unspecified atom stereocenters. The predicted octanol–water partition coefficient (Wildman–Crippen LogP) is 2.69. The third kappa shape index (κ3) is 2.78. The summed E-state index contributed by atoms with van der Waals surface area (Å²) in [6.07, 6.45) is 1.78. The smallest absolute Gasteiger partial charge is 0.183 e. The molecule has 0 aliphatic rings. The molecule has 0 aliphatic heterocycles. The van der Waals surface area contributed by atoms with Crippen LogP contribution < -0.4 is 5.32 Å². The number of rotatable bonds is 4. The van der Waals surface area contributed by atoms with Crippen molar-refractivity contribution in [3.05, 3.63) is 45.6 Å². The van der Waals surface area contributed by atoms with Gasteiger partial charge in [-0.05, 0) is 41.6 Å². The van der Waals surface area contributed by atoms with E-state index in [9.17, 15) is 0 Å². The third-order valence-electron chi connectivity index (χ3n) is 2.73. The molecule has 2 aromatic heterocycles. The lowest BCUT2D eigenvalue weighted by Crippen LogP contribution is -2.01. The highest BCUT2D eigenvalue weighted by atomic mass is 35.5. The Morgan fingerprint density at radius 1 is 1.30 bits per heavy atom. The van der Waals surface area contributed by atoms with E-state index in [1.807, 2.05) is 31.2 Å². The second-order valence-corrected chi connectivity index (χ2v) is 5.82. The highest BCUT2D eigenvalue weighted by molar-refractivity contribution is 7.15. The van der Waals surface area contributed by atoms with E-state index in [0.717, 1.165) is 22.1 Å². The van der Waals surface area contributed by atoms with Gasteiger partial charge >= 0.3 is 0 Å². The summed E-state index contributed by atoms with van der Waals surface area (Å²) in [4.78, 5) is 5.10. The minimum Gasteiger partial charge on any atom is -0.380 e. The standard InChI is InChI=1S/C12H11ClN6S/c1-8-16-17-18-19(8)10-4-2-9(3-5-10)14-6-11-7-15-12(13)20-11/h2-5,7,14H,6H2,1H3. The molecule has 3 aromatic rings. The predicted molar refractivity (Wildman–Crippen MR) is 78.3 cm³/mol. The Morgan fingerprint density at radius 3 is 2.70 bits per heavy atom. The van der Waals surface area contributed by atoms with Crippen LogP contribution in [0.1, 0.15) is 10.7 Å². The summed E-state index contributed by atoms with van der Waals surface area (Å²) in [5.74, 6) is 0.755. The molecule has 1 N–H and O–H groups in total. The molecule has 0 radical (unpaired) electrons. The Hall–Kier alpha value is -1.99. The lowest BCUT2D eigenvalue weighted by atomic mass is 10.2. The zero-order valence-corrected chi connectivity index (χ0v) is 12.2. The van der Waals surface area contributed by atoms with E-state index < -0.39 is 0 Å². The van der Waals surface area contributed by atoms with Gasteiger partial charge in [0.2, 0.25) is 0 Å². The first-order chi connectivity index (χ1) is 9.72. The summed E-state index contributed by atoms with van der Waals surface area (Å²) in [5, 5.41) is 14.7. The van der Waals surface area contributed by atoms with Crippen molar-refractivity contribution in [2.75, 3.05) is 5.32 Å². The van der Waals surface area contributed by atoms with Crippen molar-refractivity contribution in [2.45, 2.75) is 13.5 Å². The van der Waals surface area contributed by atoms with Crippen LogP contribution in [0.3, 0.4) is 0 Å². The molecule has 0 spiro atoms. The van der Waals surface area contributed by atoms with Gasteiger partial charge in [0.1, 0.15) is 0 Å². The molecule has 20 heavy (non-hydrogen) atoms. The van der Waals surface area contributed by atoms with Gasteiger partial charge in [-0.15, -0.1) is 16.4 Å². The molecule has 0 saturated carbocycles. The Balaban J connectivity index is 1.69. The van der Waals surface area contributed by atoms with Crippen LogP contribution in [-0.2, 0) is 6.54 Å². The van der Waals surface area contributed by atoms with Crippen LogP contribution >= 0.6 is 22.9 Å². The fourth-order valence-corrected chi connectivity index (χ4v) is 2.66. The lowest BCUT2D eigenvalue weighted by Gasteiger charge is -2.06. The molecule has 3 rings (SSSR count). The zero-order valence-electron chi connectivity index (χ0n) is 10.6. The SMILES string of the molecule is Cc1nnnn1-c1ccc(NCc2cnc(Cl)s2)cc1. The third-order valence-corrected chi connectivity index (χ3v) is 3.84. The van der Waals surface area contributed by atoms with Gasteiger partial charge in [-0.1, -0.05) is 11.6 Å². The van der Waals surface area contributed by atoms with Crippen LogP contribution in [0.25, 0.3) is 5.69 Å². The molecular formula is C12H11ClN6S. The van der Waals surface area contributed by atoms with E-state index in [1.54, 1.807) is 10.9 Å². The highest BCUT2D eigenvalue weighted by Gasteiger charge is 2.03. The molecule has 6 nitrogen and oxygen atoms in total. The Labute approximate surface area is 124 Å². The van der Waals surface area contributed by atoms with Gasteiger partial charge in [-0.25, -0.2) is 4.98 Å². The number of aryl methyl sites for hydroxylation is 1. The normalized spacial score (nSPS) is 10.7. The van der Waals surface area contributed by atoms with Crippen molar-refractivity contribution < 1.29 is 0 Å². The number of anilines is 1. The first-order valence-corrected chi connectivity index (χ1v) is 7.11. The minimum atomic E-state index is 0.561. The molecule has 2 heterocycles. The molecular weight excluding hydrogens is 296 g/mol. The molecule has 0 saturated heterocycles. The van der Waals surface area contributed by atoms with Crippen molar-refractivity contribution in [1.82, 2.24) is 25.2 Å². The average molecular weight is 307 g/mol. The number of nitrogens with zero attached hydrogens (tertiary/aromatic N) is 5. The first kappa shape index (κ1) is 13.0. The Morgan fingerprint density at radius 2 is 2.10 bits per heavy atom.